The Morgan fingerprint density at radius 1 is 1.25 bits per heavy atom. The lowest BCUT2D eigenvalue weighted by atomic mass is 10.3. The van der Waals surface area contributed by atoms with Crippen LogP contribution in [-0.2, 0) is 4.79 Å². The highest BCUT2D eigenvalue weighted by Crippen LogP contribution is 2.25. The third kappa shape index (κ3) is 4.35. The molecule has 0 spiro atoms. The number of nitrogens with zero attached hydrogens (tertiary/aromatic N) is 1. The van der Waals surface area contributed by atoms with Crippen LogP contribution in [0, 0.1) is 6.92 Å². The standard InChI is InChI=1S/C15H15BrN2OS/c1-10-3-8-14(17-9-10)18-15(19)11(2)20-13-6-4-12(16)5-7-13/h3-9,11H,1-2H3,(H,17,18,19). The summed E-state index contributed by atoms with van der Waals surface area (Å²) in [5.41, 5.74) is 1.07. The van der Waals surface area contributed by atoms with Crippen molar-refractivity contribution in [3.63, 3.8) is 0 Å². The first-order valence-electron chi connectivity index (χ1n) is 6.20. The Morgan fingerprint density at radius 3 is 2.55 bits per heavy atom. The third-order valence-corrected chi connectivity index (χ3v) is 4.30. The number of anilines is 1. The van der Waals surface area contributed by atoms with E-state index >= 15 is 0 Å². The summed E-state index contributed by atoms with van der Waals surface area (Å²) < 4.78 is 1.03. The average Bonchev–Trinajstić information content (AvgIpc) is 2.44. The lowest BCUT2D eigenvalue weighted by Crippen LogP contribution is -2.22. The molecule has 1 unspecified atom stereocenters. The number of benzene rings is 1. The normalized spacial score (nSPS) is 11.9. The first-order valence-corrected chi connectivity index (χ1v) is 7.87. The summed E-state index contributed by atoms with van der Waals surface area (Å²) >= 11 is 4.92. The molecule has 1 amide bonds. The molecule has 0 fully saturated rings. The van der Waals surface area contributed by atoms with Gasteiger partial charge in [-0.05, 0) is 49.7 Å². The fourth-order valence-corrected chi connectivity index (χ4v) is 2.67. The molecule has 0 radical (unpaired) electrons. The van der Waals surface area contributed by atoms with Crippen LogP contribution in [0.15, 0.2) is 52.0 Å². The number of halogens is 1. The van der Waals surface area contributed by atoms with Crippen molar-refractivity contribution < 1.29 is 4.79 Å². The highest BCUT2D eigenvalue weighted by Gasteiger charge is 2.14. The Hall–Kier alpha value is -1.33. The predicted octanol–water partition coefficient (Wildman–Crippen LogP) is 4.27. The Bertz CT molecular complexity index is 584. The predicted molar refractivity (Wildman–Crippen MR) is 87.1 cm³/mol. The number of amides is 1. The molecule has 3 nitrogen and oxygen atoms in total. The van der Waals surface area contributed by atoms with Crippen LogP contribution in [0.1, 0.15) is 12.5 Å². The monoisotopic (exact) mass is 350 g/mol. The number of pyridine rings is 1. The number of aryl methyl sites for hydroxylation is 1. The van der Waals surface area contributed by atoms with Crippen molar-refractivity contribution in [1.29, 1.82) is 0 Å². The molecule has 2 rings (SSSR count). The summed E-state index contributed by atoms with van der Waals surface area (Å²) in [6.45, 7) is 3.85. The number of carbonyl (C=O) groups is 1. The summed E-state index contributed by atoms with van der Waals surface area (Å²) in [6, 6.07) is 11.6. The molecule has 2 aromatic rings. The second kappa shape index (κ2) is 6.90. The van der Waals surface area contributed by atoms with Gasteiger partial charge in [-0.3, -0.25) is 4.79 Å². The summed E-state index contributed by atoms with van der Waals surface area (Å²) in [5.74, 6) is 0.540. The Balaban J connectivity index is 1.94. The minimum Gasteiger partial charge on any atom is -0.310 e. The molecule has 0 saturated carbocycles. The summed E-state index contributed by atoms with van der Waals surface area (Å²) in [7, 11) is 0. The number of carbonyl (C=O) groups excluding carboxylic acids is 1. The number of rotatable bonds is 4. The number of aromatic nitrogens is 1. The second-order valence-corrected chi connectivity index (χ2v) is 6.75. The van der Waals surface area contributed by atoms with Gasteiger partial charge in [-0.25, -0.2) is 4.98 Å². The number of hydrogen-bond acceptors (Lipinski definition) is 3. The zero-order valence-electron chi connectivity index (χ0n) is 11.3. The van der Waals surface area contributed by atoms with Crippen molar-refractivity contribution >= 4 is 39.4 Å². The summed E-state index contributed by atoms with van der Waals surface area (Å²) in [4.78, 5) is 17.3. The van der Waals surface area contributed by atoms with Gasteiger partial charge in [-0.15, -0.1) is 11.8 Å². The summed E-state index contributed by atoms with van der Waals surface area (Å²) in [6.07, 6.45) is 1.74. The zero-order chi connectivity index (χ0) is 14.5. The van der Waals surface area contributed by atoms with E-state index in [0.717, 1.165) is 14.9 Å². The van der Waals surface area contributed by atoms with Crippen molar-refractivity contribution in [2.45, 2.75) is 24.0 Å². The van der Waals surface area contributed by atoms with Gasteiger partial charge in [0, 0.05) is 15.6 Å². The largest absolute Gasteiger partial charge is 0.310 e. The van der Waals surface area contributed by atoms with E-state index in [1.165, 1.54) is 11.8 Å². The van der Waals surface area contributed by atoms with Gasteiger partial charge < -0.3 is 5.32 Å². The van der Waals surface area contributed by atoms with Crippen LogP contribution in [0.2, 0.25) is 0 Å². The molecule has 1 atom stereocenters. The van der Waals surface area contributed by atoms with E-state index in [1.54, 1.807) is 6.20 Å². The Morgan fingerprint density at radius 2 is 1.95 bits per heavy atom. The molecule has 20 heavy (non-hydrogen) atoms. The van der Waals surface area contributed by atoms with Crippen molar-refractivity contribution in [2.24, 2.45) is 0 Å². The van der Waals surface area contributed by atoms with E-state index in [9.17, 15) is 4.79 Å². The van der Waals surface area contributed by atoms with Crippen LogP contribution in [0.3, 0.4) is 0 Å². The van der Waals surface area contributed by atoms with Crippen LogP contribution in [0.4, 0.5) is 5.82 Å². The van der Waals surface area contributed by atoms with Crippen molar-refractivity contribution in [2.75, 3.05) is 5.32 Å². The molecule has 0 aliphatic carbocycles. The lowest BCUT2D eigenvalue weighted by molar-refractivity contribution is -0.115. The van der Waals surface area contributed by atoms with E-state index in [4.69, 9.17) is 0 Å². The minimum absolute atomic E-state index is 0.0470. The first-order chi connectivity index (χ1) is 9.54. The maximum Gasteiger partial charge on any atom is 0.238 e. The molecule has 5 heteroatoms. The molecule has 0 bridgehead atoms. The van der Waals surface area contributed by atoms with Crippen LogP contribution >= 0.6 is 27.7 Å². The van der Waals surface area contributed by atoms with Crippen molar-refractivity contribution in [3.05, 3.63) is 52.6 Å². The van der Waals surface area contributed by atoms with Crippen molar-refractivity contribution in [3.8, 4) is 0 Å². The van der Waals surface area contributed by atoms with Gasteiger partial charge in [0.05, 0.1) is 5.25 Å². The molecule has 104 valence electrons. The van der Waals surface area contributed by atoms with Crippen molar-refractivity contribution in [1.82, 2.24) is 4.98 Å². The number of nitrogens with one attached hydrogen (secondary N) is 1. The van der Waals surface area contributed by atoms with Crippen LogP contribution in [-0.4, -0.2) is 16.1 Å². The average molecular weight is 351 g/mol. The number of hydrogen-bond donors (Lipinski definition) is 1. The topological polar surface area (TPSA) is 42.0 Å². The third-order valence-electron chi connectivity index (χ3n) is 2.66. The summed E-state index contributed by atoms with van der Waals surface area (Å²) in [5, 5.41) is 2.64. The first kappa shape index (κ1) is 15.1. The van der Waals surface area contributed by atoms with E-state index in [2.05, 4.69) is 26.2 Å². The molecule has 1 aromatic carbocycles. The smallest absolute Gasteiger partial charge is 0.238 e. The molecule has 1 heterocycles. The van der Waals surface area contributed by atoms with E-state index in [0.29, 0.717) is 5.82 Å². The van der Waals surface area contributed by atoms with Gasteiger partial charge in [0.1, 0.15) is 5.82 Å². The maximum atomic E-state index is 12.1. The SMILES string of the molecule is Cc1ccc(NC(=O)C(C)Sc2ccc(Br)cc2)nc1. The van der Waals surface area contributed by atoms with Gasteiger partial charge in [0.15, 0.2) is 0 Å². The molecule has 0 aliphatic rings. The van der Waals surface area contributed by atoms with Crippen LogP contribution < -0.4 is 5.32 Å². The van der Waals surface area contributed by atoms with Gasteiger partial charge >= 0.3 is 0 Å². The fraction of sp³-hybridized carbons (Fsp3) is 0.200. The molecule has 1 N–H and O–H groups in total. The van der Waals surface area contributed by atoms with Gasteiger partial charge in [-0.2, -0.15) is 0 Å². The molecule has 1 aromatic heterocycles. The van der Waals surface area contributed by atoms with E-state index in [1.807, 2.05) is 50.2 Å². The molecule has 0 aliphatic heterocycles. The quantitative estimate of drug-likeness (QED) is 0.837. The Labute approximate surface area is 131 Å². The van der Waals surface area contributed by atoms with Crippen LogP contribution in [0.25, 0.3) is 0 Å². The molecular weight excluding hydrogens is 336 g/mol. The van der Waals surface area contributed by atoms with Gasteiger partial charge in [-0.1, -0.05) is 22.0 Å². The highest BCUT2D eigenvalue weighted by molar-refractivity contribution is 9.10. The van der Waals surface area contributed by atoms with Gasteiger partial charge in [0.25, 0.3) is 0 Å². The number of thioether (sulfide) groups is 1. The van der Waals surface area contributed by atoms with E-state index < -0.39 is 0 Å². The molecule has 0 saturated heterocycles. The van der Waals surface area contributed by atoms with Gasteiger partial charge in [0.2, 0.25) is 5.91 Å². The van der Waals surface area contributed by atoms with E-state index in [-0.39, 0.29) is 11.2 Å². The van der Waals surface area contributed by atoms with Crippen LogP contribution in [0.5, 0.6) is 0 Å². The second-order valence-electron chi connectivity index (χ2n) is 4.42. The Kier molecular flexibility index (Phi) is 5.20. The minimum atomic E-state index is -0.181. The maximum absolute atomic E-state index is 12.1. The fourth-order valence-electron chi connectivity index (χ4n) is 1.54. The molecular formula is C15H15BrN2OS. The zero-order valence-corrected chi connectivity index (χ0v) is 13.7. The lowest BCUT2D eigenvalue weighted by Gasteiger charge is -2.11. The highest BCUT2D eigenvalue weighted by atomic mass is 79.9.